The molecule has 0 aliphatic heterocycles. The van der Waals surface area contributed by atoms with Crippen molar-refractivity contribution in [3.8, 4) is 0 Å². The summed E-state index contributed by atoms with van der Waals surface area (Å²) in [6.07, 6.45) is 5.59. The molecule has 0 bridgehead atoms. The van der Waals surface area contributed by atoms with Gasteiger partial charge in [0.05, 0.1) is 0 Å². The third-order valence-corrected chi connectivity index (χ3v) is 4.94. The molecule has 1 fully saturated rings. The van der Waals surface area contributed by atoms with Crippen LogP contribution in [0.1, 0.15) is 62.5 Å². The fourth-order valence-corrected chi connectivity index (χ4v) is 3.34. The number of hydrogen-bond donors (Lipinski definition) is 2. The molecule has 0 spiro atoms. The second-order valence-electron chi connectivity index (χ2n) is 6.69. The number of aliphatic hydroxyl groups excluding tert-OH is 1. The van der Waals surface area contributed by atoms with E-state index in [4.69, 9.17) is 5.11 Å². The van der Waals surface area contributed by atoms with Crippen LogP contribution in [0.5, 0.6) is 0 Å². The Labute approximate surface area is 134 Å². The van der Waals surface area contributed by atoms with Gasteiger partial charge in [-0.2, -0.15) is 0 Å². The number of aryl methyl sites for hydroxylation is 1. The number of rotatable bonds is 6. The van der Waals surface area contributed by atoms with E-state index in [0.717, 1.165) is 32.1 Å². The van der Waals surface area contributed by atoms with E-state index in [2.05, 4.69) is 43.4 Å². The summed E-state index contributed by atoms with van der Waals surface area (Å²) in [4.78, 5) is 12.3. The van der Waals surface area contributed by atoms with E-state index in [-0.39, 0.29) is 12.5 Å². The molecule has 1 unspecified atom stereocenters. The van der Waals surface area contributed by atoms with Crippen molar-refractivity contribution < 1.29 is 9.90 Å². The molecule has 1 aromatic carbocycles. The predicted octanol–water partition coefficient (Wildman–Crippen LogP) is 3.55. The van der Waals surface area contributed by atoms with Gasteiger partial charge in [-0.25, -0.2) is 0 Å². The average molecular weight is 303 g/mol. The monoisotopic (exact) mass is 303 g/mol. The minimum absolute atomic E-state index is 0.167. The van der Waals surface area contributed by atoms with Crippen molar-refractivity contribution in [1.29, 1.82) is 0 Å². The van der Waals surface area contributed by atoms with Gasteiger partial charge in [-0.05, 0) is 56.4 Å². The molecule has 1 aliphatic rings. The first-order valence-electron chi connectivity index (χ1n) is 8.59. The number of carbonyl (C=O) groups excluding carboxylic acids is 1. The average Bonchev–Trinajstić information content (AvgIpc) is 2.54. The lowest BCUT2D eigenvalue weighted by atomic mass is 9.86. The summed E-state index contributed by atoms with van der Waals surface area (Å²) in [5, 5.41) is 12.4. The lowest BCUT2D eigenvalue weighted by Crippen LogP contribution is -2.38. The smallest absolute Gasteiger partial charge is 0.220 e. The molecule has 122 valence electrons. The highest BCUT2D eigenvalue weighted by Crippen LogP contribution is 2.26. The molecule has 0 radical (unpaired) electrons. The Morgan fingerprint density at radius 2 is 1.86 bits per heavy atom. The maximum absolute atomic E-state index is 12.3. The molecular weight excluding hydrogens is 274 g/mol. The van der Waals surface area contributed by atoms with Crippen LogP contribution in [-0.4, -0.2) is 23.7 Å². The van der Waals surface area contributed by atoms with Crippen LogP contribution < -0.4 is 5.32 Å². The van der Waals surface area contributed by atoms with Crippen LogP contribution in [-0.2, 0) is 4.79 Å². The maximum Gasteiger partial charge on any atom is 0.220 e. The van der Waals surface area contributed by atoms with E-state index in [0.29, 0.717) is 24.3 Å². The van der Waals surface area contributed by atoms with Crippen LogP contribution >= 0.6 is 0 Å². The summed E-state index contributed by atoms with van der Waals surface area (Å²) >= 11 is 0. The summed E-state index contributed by atoms with van der Waals surface area (Å²) in [7, 11) is 0. The van der Waals surface area contributed by atoms with Gasteiger partial charge in [0.25, 0.3) is 0 Å². The number of aliphatic hydroxyl groups is 1. The van der Waals surface area contributed by atoms with Gasteiger partial charge in [0.1, 0.15) is 0 Å². The summed E-state index contributed by atoms with van der Waals surface area (Å²) in [5.41, 5.74) is 2.51. The Morgan fingerprint density at radius 1 is 1.23 bits per heavy atom. The first-order chi connectivity index (χ1) is 10.6. The van der Waals surface area contributed by atoms with Crippen LogP contribution in [0.15, 0.2) is 24.3 Å². The van der Waals surface area contributed by atoms with Gasteiger partial charge in [0.15, 0.2) is 0 Å². The highest BCUT2D eigenvalue weighted by molar-refractivity contribution is 5.77. The minimum atomic E-state index is 0.167. The van der Waals surface area contributed by atoms with E-state index in [1.54, 1.807) is 0 Å². The van der Waals surface area contributed by atoms with E-state index in [1.807, 2.05) is 0 Å². The SMILES string of the molecule is CCC(CC(=O)NC1CCC(CO)CC1)c1ccc(C)cc1. The summed E-state index contributed by atoms with van der Waals surface area (Å²) < 4.78 is 0. The third kappa shape index (κ3) is 4.84. The van der Waals surface area contributed by atoms with Gasteiger partial charge in [-0.1, -0.05) is 36.8 Å². The molecular formula is C19H29NO2. The summed E-state index contributed by atoms with van der Waals surface area (Å²) in [5.74, 6) is 0.901. The Morgan fingerprint density at radius 3 is 2.41 bits per heavy atom. The molecule has 3 nitrogen and oxygen atoms in total. The van der Waals surface area contributed by atoms with Gasteiger partial charge < -0.3 is 10.4 Å². The quantitative estimate of drug-likeness (QED) is 0.844. The zero-order valence-corrected chi connectivity index (χ0v) is 13.8. The van der Waals surface area contributed by atoms with Crippen molar-refractivity contribution >= 4 is 5.91 Å². The number of hydrogen-bond acceptors (Lipinski definition) is 2. The number of carbonyl (C=O) groups is 1. The lowest BCUT2D eigenvalue weighted by molar-refractivity contribution is -0.122. The molecule has 2 N–H and O–H groups in total. The van der Waals surface area contributed by atoms with Crippen LogP contribution in [0.2, 0.25) is 0 Å². The van der Waals surface area contributed by atoms with Crippen molar-refractivity contribution in [1.82, 2.24) is 5.32 Å². The lowest BCUT2D eigenvalue weighted by Gasteiger charge is -2.28. The maximum atomic E-state index is 12.3. The van der Waals surface area contributed by atoms with Gasteiger partial charge in [-0.15, -0.1) is 0 Å². The fraction of sp³-hybridized carbons (Fsp3) is 0.632. The fourth-order valence-electron chi connectivity index (χ4n) is 3.34. The zero-order chi connectivity index (χ0) is 15.9. The van der Waals surface area contributed by atoms with Crippen LogP contribution in [0.25, 0.3) is 0 Å². The molecule has 22 heavy (non-hydrogen) atoms. The van der Waals surface area contributed by atoms with Gasteiger partial charge >= 0.3 is 0 Å². The standard InChI is InChI=1S/C19H29NO2/c1-3-16(17-8-4-14(2)5-9-17)12-19(22)20-18-10-6-15(13-21)7-11-18/h4-5,8-9,15-16,18,21H,3,6-7,10-13H2,1-2H3,(H,20,22). The Balaban J connectivity index is 1.83. The Bertz CT molecular complexity index is 461. The molecule has 0 saturated heterocycles. The topological polar surface area (TPSA) is 49.3 Å². The van der Waals surface area contributed by atoms with E-state index >= 15 is 0 Å². The molecule has 1 aliphatic carbocycles. The van der Waals surface area contributed by atoms with Crippen molar-refractivity contribution in [3.05, 3.63) is 35.4 Å². The highest BCUT2D eigenvalue weighted by atomic mass is 16.3. The normalized spacial score (nSPS) is 23.0. The van der Waals surface area contributed by atoms with Gasteiger partial charge in [0.2, 0.25) is 5.91 Å². The van der Waals surface area contributed by atoms with E-state index in [9.17, 15) is 4.79 Å². The Kier molecular flexibility index (Phi) is 6.44. The van der Waals surface area contributed by atoms with Crippen molar-refractivity contribution in [2.45, 2.75) is 64.3 Å². The highest BCUT2D eigenvalue weighted by Gasteiger charge is 2.23. The van der Waals surface area contributed by atoms with Crippen molar-refractivity contribution in [2.75, 3.05) is 6.61 Å². The molecule has 2 rings (SSSR count). The summed E-state index contributed by atoms with van der Waals surface area (Å²) in [6, 6.07) is 8.82. The van der Waals surface area contributed by atoms with Crippen molar-refractivity contribution in [2.24, 2.45) is 5.92 Å². The number of benzene rings is 1. The summed E-state index contributed by atoms with van der Waals surface area (Å²) in [6.45, 7) is 4.51. The van der Waals surface area contributed by atoms with Gasteiger partial charge in [-0.3, -0.25) is 4.79 Å². The largest absolute Gasteiger partial charge is 0.396 e. The van der Waals surface area contributed by atoms with E-state index < -0.39 is 0 Å². The van der Waals surface area contributed by atoms with Gasteiger partial charge in [0, 0.05) is 19.1 Å². The molecule has 3 heteroatoms. The zero-order valence-electron chi connectivity index (χ0n) is 13.8. The minimum Gasteiger partial charge on any atom is -0.396 e. The van der Waals surface area contributed by atoms with Crippen molar-refractivity contribution in [3.63, 3.8) is 0 Å². The second kappa shape index (κ2) is 8.33. The molecule has 1 atom stereocenters. The van der Waals surface area contributed by atoms with Crippen LogP contribution in [0.3, 0.4) is 0 Å². The third-order valence-electron chi connectivity index (χ3n) is 4.94. The van der Waals surface area contributed by atoms with Crippen LogP contribution in [0.4, 0.5) is 0 Å². The molecule has 0 heterocycles. The number of amides is 1. The Hall–Kier alpha value is -1.35. The molecule has 0 aromatic heterocycles. The van der Waals surface area contributed by atoms with Crippen LogP contribution in [0, 0.1) is 12.8 Å². The predicted molar refractivity (Wildman–Crippen MR) is 89.8 cm³/mol. The number of nitrogens with one attached hydrogen (secondary N) is 1. The van der Waals surface area contributed by atoms with E-state index in [1.165, 1.54) is 11.1 Å². The first kappa shape index (κ1) is 17.0. The molecule has 1 aromatic rings. The molecule has 1 saturated carbocycles. The molecule has 1 amide bonds. The first-order valence-corrected chi connectivity index (χ1v) is 8.59. The second-order valence-corrected chi connectivity index (χ2v) is 6.69.